The van der Waals surface area contributed by atoms with Crippen LogP contribution in [0.2, 0.25) is 0 Å². The molecule has 0 aromatic heterocycles. The molecule has 1 aromatic rings. The third-order valence-corrected chi connectivity index (χ3v) is 3.24. The third-order valence-electron chi connectivity index (χ3n) is 3.24. The van der Waals surface area contributed by atoms with Gasteiger partial charge in [-0.1, -0.05) is 18.2 Å². The number of hydrogen-bond acceptors (Lipinski definition) is 2. The Morgan fingerprint density at radius 3 is 2.62 bits per heavy atom. The highest BCUT2D eigenvalue weighted by Crippen LogP contribution is 2.42. The summed E-state index contributed by atoms with van der Waals surface area (Å²) in [6, 6.07) is 7.66. The van der Waals surface area contributed by atoms with Crippen molar-refractivity contribution in [3.05, 3.63) is 29.8 Å². The van der Waals surface area contributed by atoms with Crippen LogP contribution in [0.5, 0.6) is 0 Å². The van der Waals surface area contributed by atoms with Crippen molar-refractivity contribution in [1.29, 1.82) is 0 Å². The van der Waals surface area contributed by atoms with Crippen molar-refractivity contribution in [2.45, 2.75) is 25.7 Å². The lowest BCUT2D eigenvalue weighted by Gasteiger charge is -2.21. The van der Waals surface area contributed by atoms with Crippen molar-refractivity contribution in [3.8, 4) is 0 Å². The summed E-state index contributed by atoms with van der Waals surface area (Å²) >= 11 is 0. The largest absolute Gasteiger partial charge is 0.314 e. The molecule has 1 unspecified atom stereocenters. The summed E-state index contributed by atoms with van der Waals surface area (Å²) in [6.45, 7) is 3.37. The number of fused-ring (bicyclic) bond motifs is 1. The topological polar surface area (TPSA) is 37.4 Å². The summed E-state index contributed by atoms with van der Waals surface area (Å²) in [6.07, 6.45) is 0.271. The van der Waals surface area contributed by atoms with Gasteiger partial charge in [-0.15, -0.1) is 0 Å². The van der Waals surface area contributed by atoms with Gasteiger partial charge in [-0.05, 0) is 25.5 Å². The minimum atomic E-state index is -0.683. The fourth-order valence-electron chi connectivity index (χ4n) is 2.50. The standard InChI is InChI=1S/C13H15NO2/c1-9(15)8-13(2)10-6-4-5-7-11(10)14(3)12(13)16/h4-7H,8H2,1-3H3. The number of carbonyl (C=O) groups is 2. The molecule has 0 fully saturated rings. The van der Waals surface area contributed by atoms with Gasteiger partial charge in [0.2, 0.25) is 5.91 Å². The minimum Gasteiger partial charge on any atom is -0.314 e. The van der Waals surface area contributed by atoms with E-state index in [-0.39, 0.29) is 18.1 Å². The van der Waals surface area contributed by atoms with Crippen LogP contribution in [0.15, 0.2) is 24.3 Å². The first kappa shape index (κ1) is 10.9. The highest BCUT2D eigenvalue weighted by Gasteiger charge is 2.46. The number of carbonyl (C=O) groups excluding carboxylic acids is 2. The van der Waals surface area contributed by atoms with E-state index in [2.05, 4.69) is 0 Å². The molecule has 1 aliphatic rings. The van der Waals surface area contributed by atoms with Crippen LogP contribution in [-0.2, 0) is 15.0 Å². The number of benzene rings is 1. The first-order valence-electron chi connectivity index (χ1n) is 5.34. The monoisotopic (exact) mass is 217 g/mol. The molecular formula is C13H15NO2. The Morgan fingerprint density at radius 1 is 1.38 bits per heavy atom. The van der Waals surface area contributed by atoms with Gasteiger partial charge in [-0.25, -0.2) is 0 Å². The molecule has 0 saturated heterocycles. The van der Waals surface area contributed by atoms with Gasteiger partial charge >= 0.3 is 0 Å². The second-order valence-corrected chi connectivity index (χ2v) is 4.59. The maximum Gasteiger partial charge on any atom is 0.237 e. The molecule has 2 rings (SSSR count). The quantitative estimate of drug-likeness (QED) is 0.758. The fraction of sp³-hybridized carbons (Fsp3) is 0.385. The van der Waals surface area contributed by atoms with Gasteiger partial charge in [-0.2, -0.15) is 0 Å². The second-order valence-electron chi connectivity index (χ2n) is 4.59. The maximum absolute atomic E-state index is 12.2. The Bertz CT molecular complexity index is 467. The molecule has 1 amide bonds. The van der Waals surface area contributed by atoms with Gasteiger partial charge in [0.15, 0.2) is 0 Å². The van der Waals surface area contributed by atoms with Crippen LogP contribution in [-0.4, -0.2) is 18.7 Å². The van der Waals surface area contributed by atoms with Crippen LogP contribution < -0.4 is 4.90 Å². The minimum absolute atomic E-state index is 0.00361. The van der Waals surface area contributed by atoms with Crippen LogP contribution in [0, 0.1) is 0 Å². The lowest BCUT2D eigenvalue weighted by Crippen LogP contribution is -2.37. The van der Waals surface area contributed by atoms with Gasteiger partial charge in [0, 0.05) is 19.2 Å². The molecule has 1 aromatic carbocycles. The Balaban J connectivity index is 2.56. The number of ketones is 1. The van der Waals surface area contributed by atoms with E-state index >= 15 is 0 Å². The number of nitrogens with zero attached hydrogens (tertiary/aromatic N) is 1. The van der Waals surface area contributed by atoms with E-state index < -0.39 is 5.41 Å². The third kappa shape index (κ3) is 1.35. The molecule has 0 N–H and O–H groups in total. The molecule has 1 atom stereocenters. The van der Waals surface area contributed by atoms with Crippen molar-refractivity contribution in [1.82, 2.24) is 0 Å². The van der Waals surface area contributed by atoms with Gasteiger partial charge in [0.1, 0.15) is 5.78 Å². The van der Waals surface area contributed by atoms with E-state index in [0.717, 1.165) is 11.3 Å². The number of rotatable bonds is 2. The van der Waals surface area contributed by atoms with E-state index in [0.29, 0.717) is 0 Å². The summed E-state index contributed by atoms with van der Waals surface area (Å²) < 4.78 is 0. The predicted octanol–water partition coefficient (Wildman–Crippen LogP) is 1.90. The summed E-state index contributed by atoms with van der Waals surface area (Å²) in [5, 5.41) is 0. The molecule has 1 aliphatic heterocycles. The Labute approximate surface area is 95.1 Å². The maximum atomic E-state index is 12.2. The van der Waals surface area contributed by atoms with E-state index in [1.165, 1.54) is 6.92 Å². The van der Waals surface area contributed by atoms with Gasteiger partial charge in [-0.3, -0.25) is 9.59 Å². The normalized spacial score (nSPS) is 23.4. The number of anilines is 1. The predicted molar refractivity (Wildman–Crippen MR) is 62.5 cm³/mol. The molecule has 0 spiro atoms. The SMILES string of the molecule is CC(=O)CC1(C)C(=O)N(C)c2ccccc21. The number of amides is 1. The molecular weight excluding hydrogens is 202 g/mol. The molecule has 16 heavy (non-hydrogen) atoms. The average molecular weight is 217 g/mol. The zero-order valence-corrected chi connectivity index (χ0v) is 9.78. The smallest absolute Gasteiger partial charge is 0.237 e. The number of hydrogen-bond donors (Lipinski definition) is 0. The van der Waals surface area contributed by atoms with Crippen molar-refractivity contribution < 1.29 is 9.59 Å². The van der Waals surface area contributed by atoms with Crippen LogP contribution >= 0.6 is 0 Å². The first-order chi connectivity index (χ1) is 7.47. The van der Waals surface area contributed by atoms with Crippen molar-refractivity contribution >= 4 is 17.4 Å². The molecule has 3 heteroatoms. The van der Waals surface area contributed by atoms with Crippen LogP contribution in [0.25, 0.3) is 0 Å². The van der Waals surface area contributed by atoms with Crippen LogP contribution in [0.3, 0.4) is 0 Å². The van der Waals surface area contributed by atoms with E-state index in [4.69, 9.17) is 0 Å². The van der Waals surface area contributed by atoms with E-state index in [1.807, 2.05) is 31.2 Å². The Hall–Kier alpha value is -1.64. The Morgan fingerprint density at radius 2 is 2.00 bits per heavy atom. The van der Waals surface area contributed by atoms with Crippen LogP contribution in [0.4, 0.5) is 5.69 Å². The number of likely N-dealkylation sites (N-methyl/N-ethyl adjacent to an activating group) is 1. The molecule has 3 nitrogen and oxygen atoms in total. The summed E-state index contributed by atoms with van der Waals surface area (Å²) in [5.41, 5.74) is 1.19. The number of para-hydroxylation sites is 1. The lowest BCUT2D eigenvalue weighted by atomic mass is 9.79. The zero-order chi connectivity index (χ0) is 11.9. The molecule has 84 valence electrons. The lowest BCUT2D eigenvalue weighted by molar-refractivity contribution is -0.127. The van der Waals surface area contributed by atoms with E-state index in [9.17, 15) is 9.59 Å². The highest BCUT2D eigenvalue weighted by molar-refractivity contribution is 6.09. The van der Waals surface area contributed by atoms with Crippen LogP contribution in [0.1, 0.15) is 25.8 Å². The average Bonchev–Trinajstić information content (AvgIpc) is 2.42. The number of Topliss-reactive ketones (excluding diaryl/α,β-unsaturated/α-hetero) is 1. The molecule has 0 aliphatic carbocycles. The Kier molecular flexibility index (Phi) is 2.34. The summed E-state index contributed by atoms with van der Waals surface area (Å²) in [5.74, 6) is 0.0462. The van der Waals surface area contributed by atoms with Gasteiger partial charge in [0.05, 0.1) is 5.41 Å². The van der Waals surface area contributed by atoms with Crippen molar-refractivity contribution in [2.24, 2.45) is 0 Å². The first-order valence-corrected chi connectivity index (χ1v) is 5.34. The zero-order valence-electron chi connectivity index (χ0n) is 9.78. The van der Waals surface area contributed by atoms with Crippen molar-refractivity contribution in [3.63, 3.8) is 0 Å². The summed E-state index contributed by atoms with van der Waals surface area (Å²) in [4.78, 5) is 25.1. The molecule has 1 heterocycles. The highest BCUT2D eigenvalue weighted by atomic mass is 16.2. The summed E-state index contributed by atoms with van der Waals surface area (Å²) in [7, 11) is 1.76. The van der Waals surface area contributed by atoms with Gasteiger partial charge < -0.3 is 4.90 Å². The molecule has 0 radical (unpaired) electrons. The van der Waals surface area contributed by atoms with Crippen molar-refractivity contribution in [2.75, 3.05) is 11.9 Å². The van der Waals surface area contributed by atoms with E-state index in [1.54, 1.807) is 11.9 Å². The molecule has 0 saturated carbocycles. The van der Waals surface area contributed by atoms with Gasteiger partial charge in [0.25, 0.3) is 0 Å². The fourth-order valence-corrected chi connectivity index (χ4v) is 2.50. The molecule has 0 bridgehead atoms. The second kappa shape index (κ2) is 3.44.